The summed E-state index contributed by atoms with van der Waals surface area (Å²) in [6, 6.07) is 5.65. The second kappa shape index (κ2) is 9.13. The van der Waals surface area contributed by atoms with E-state index in [4.69, 9.17) is 0 Å². The van der Waals surface area contributed by atoms with Crippen LogP contribution in [0.4, 0.5) is 32.0 Å². The van der Waals surface area contributed by atoms with Crippen molar-refractivity contribution in [3.8, 4) is 10.7 Å². The van der Waals surface area contributed by atoms with Crippen LogP contribution < -0.4 is 5.32 Å². The fourth-order valence-corrected chi connectivity index (χ4v) is 4.07. The summed E-state index contributed by atoms with van der Waals surface area (Å²) in [6.45, 7) is 1.36. The molecule has 1 unspecified atom stereocenters. The van der Waals surface area contributed by atoms with Crippen LogP contribution in [0.15, 0.2) is 61.2 Å². The van der Waals surface area contributed by atoms with Gasteiger partial charge in [-0.05, 0) is 36.8 Å². The average molecular weight is 511 g/mol. The van der Waals surface area contributed by atoms with Crippen LogP contribution in [0.5, 0.6) is 0 Å². The van der Waals surface area contributed by atoms with Gasteiger partial charge in [0.15, 0.2) is 0 Å². The zero-order valence-corrected chi connectivity index (χ0v) is 18.5. The maximum atomic E-state index is 13.5. The molecule has 4 rings (SSSR count). The largest absolute Gasteiger partial charge is 0.416 e. The first-order valence-electron chi connectivity index (χ1n) is 9.94. The minimum absolute atomic E-state index is 0.0843. The molecule has 0 aliphatic rings. The van der Waals surface area contributed by atoms with Crippen LogP contribution >= 0.6 is 11.3 Å². The standard InChI is InChI=1S/C22H15F6N5OS/c1-12(15-6-5-13(21(23,24)25)8-16(15)22(26,27)28)33-11-14(9-31-33)32-19(34)18-10-30-20(35-18)17-4-2-3-7-29-17/h2-12H,1H3,(H,32,34). The maximum Gasteiger partial charge on any atom is 0.416 e. The summed E-state index contributed by atoms with van der Waals surface area (Å²) in [4.78, 5) is 21.2. The highest BCUT2D eigenvalue weighted by molar-refractivity contribution is 7.17. The number of carbonyl (C=O) groups excluding carboxylic acids is 1. The molecule has 1 aromatic carbocycles. The van der Waals surface area contributed by atoms with E-state index in [0.29, 0.717) is 16.8 Å². The van der Waals surface area contributed by atoms with Crippen LogP contribution in [0, 0.1) is 0 Å². The molecular weight excluding hydrogens is 496 g/mol. The van der Waals surface area contributed by atoms with Crippen LogP contribution in [0.1, 0.15) is 39.3 Å². The Labute approximate surface area is 198 Å². The Morgan fingerprint density at radius 3 is 2.46 bits per heavy atom. The topological polar surface area (TPSA) is 72.7 Å². The third-order valence-corrected chi connectivity index (χ3v) is 6.02. The van der Waals surface area contributed by atoms with E-state index in [0.717, 1.165) is 22.1 Å². The summed E-state index contributed by atoms with van der Waals surface area (Å²) < 4.78 is 80.5. The van der Waals surface area contributed by atoms with E-state index in [1.807, 2.05) is 0 Å². The number of anilines is 1. The van der Waals surface area contributed by atoms with Crippen molar-refractivity contribution in [1.29, 1.82) is 0 Å². The van der Waals surface area contributed by atoms with Crippen molar-refractivity contribution < 1.29 is 31.1 Å². The Kier molecular flexibility index (Phi) is 6.36. The van der Waals surface area contributed by atoms with Crippen molar-refractivity contribution in [3.05, 3.63) is 82.8 Å². The second-order valence-electron chi connectivity index (χ2n) is 7.38. The van der Waals surface area contributed by atoms with Crippen LogP contribution in [-0.4, -0.2) is 25.7 Å². The number of hydrogen-bond donors (Lipinski definition) is 1. The third kappa shape index (κ3) is 5.34. The molecule has 0 fully saturated rings. The zero-order valence-electron chi connectivity index (χ0n) is 17.7. The predicted octanol–water partition coefficient (Wildman–Crippen LogP) is 6.30. The van der Waals surface area contributed by atoms with Gasteiger partial charge in [-0.3, -0.25) is 14.5 Å². The molecule has 3 aromatic heterocycles. The van der Waals surface area contributed by atoms with Gasteiger partial charge in [0, 0.05) is 12.4 Å². The lowest BCUT2D eigenvalue weighted by Gasteiger charge is -2.20. The highest BCUT2D eigenvalue weighted by Gasteiger charge is 2.39. The summed E-state index contributed by atoms with van der Waals surface area (Å²) in [5.41, 5.74) is -2.42. The maximum absolute atomic E-state index is 13.5. The monoisotopic (exact) mass is 511 g/mol. The fraction of sp³-hybridized carbons (Fsp3) is 0.182. The summed E-state index contributed by atoms with van der Waals surface area (Å²) in [6.07, 6.45) is -4.44. The summed E-state index contributed by atoms with van der Waals surface area (Å²) in [5.74, 6) is -0.512. The third-order valence-electron chi connectivity index (χ3n) is 5.01. The first-order valence-corrected chi connectivity index (χ1v) is 10.8. The quantitative estimate of drug-likeness (QED) is 0.319. The molecule has 0 radical (unpaired) electrons. The van der Waals surface area contributed by atoms with Crippen LogP contribution in [0.2, 0.25) is 0 Å². The Morgan fingerprint density at radius 1 is 1.03 bits per heavy atom. The van der Waals surface area contributed by atoms with Crippen LogP contribution in [0.25, 0.3) is 10.7 Å². The highest BCUT2D eigenvalue weighted by Crippen LogP contribution is 2.39. The van der Waals surface area contributed by atoms with Gasteiger partial charge in [-0.15, -0.1) is 11.3 Å². The van der Waals surface area contributed by atoms with Crippen molar-refractivity contribution in [2.24, 2.45) is 0 Å². The van der Waals surface area contributed by atoms with Crippen molar-refractivity contribution in [2.45, 2.75) is 25.3 Å². The number of thiazole rings is 1. The average Bonchev–Trinajstić information content (AvgIpc) is 3.48. The van der Waals surface area contributed by atoms with E-state index < -0.39 is 41.0 Å². The van der Waals surface area contributed by atoms with E-state index >= 15 is 0 Å². The van der Waals surface area contributed by atoms with Gasteiger partial charge in [0.1, 0.15) is 9.88 Å². The predicted molar refractivity (Wildman–Crippen MR) is 116 cm³/mol. The van der Waals surface area contributed by atoms with E-state index in [1.165, 1.54) is 25.5 Å². The smallest absolute Gasteiger partial charge is 0.319 e. The first-order chi connectivity index (χ1) is 16.4. The number of nitrogens with zero attached hydrogens (tertiary/aromatic N) is 4. The molecule has 0 bridgehead atoms. The molecule has 13 heteroatoms. The Balaban J connectivity index is 1.54. The van der Waals surface area contributed by atoms with Gasteiger partial charge >= 0.3 is 12.4 Å². The van der Waals surface area contributed by atoms with Gasteiger partial charge in [-0.2, -0.15) is 31.4 Å². The summed E-state index contributed by atoms with van der Waals surface area (Å²) >= 11 is 1.10. The second-order valence-corrected chi connectivity index (χ2v) is 8.41. The number of halogens is 6. The lowest BCUT2D eigenvalue weighted by atomic mass is 9.98. The number of pyridine rings is 1. The number of carbonyl (C=O) groups is 1. The Bertz CT molecular complexity index is 1350. The minimum Gasteiger partial charge on any atom is -0.319 e. The van der Waals surface area contributed by atoms with Crippen molar-refractivity contribution in [1.82, 2.24) is 19.7 Å². The van der Waals surface area contributed by atoms with E-state index in [9.17, 15) is 31.1 Å². The number of benzene rings is 1. The van der Waals surface area contributed by atoms with Crippen molar-refractivity contribution in [3.63, 3.8) is 0 Å². The first kappa shape index (κ1) is 24.4. The van der Waals surface area contributed by atoms with Gasteiger partial charge in [-0.25, -0.2) is 4.98 Å². The number of amides is 1. The molecule has 182 valence electrons. The molecule has 0 aliphatic carbocycles. The molecule has 6 nitrogen and oxygen atoms in total. The van der Waals surface area contributed by atoms with Gasteiger partial charge < -0.3 is 5.32 Å². The molecule has 1 amide bonds. The van der Waals surface area contributed by atoms with Gasteiger partial charge in [0.25, 0.3) is 5.91 Å². The molecule has 1 N–H and O–H groups in total. The van der Waals surface area contributed by atoms with E-state index in [1.54, 1.807) is 24.4 Å². The zero-order chi connectivity index (χ0) is 25.4. The molecule has 0 aliphatic heterocycles. The lowest BCUT2D eigenvalue weighted by molar-refractivity contribution is -0.143. The number of alkyl halides is 6. The molecule has 0 spiro atoms. The molecule has 3 heterocycles. The SMILES string of the molecule is CC(c1ccc(C(F)(F)F)cc1C(F)(F)F)n1cc(NC(=O)c2cnc(-c3ccccn3)s2)cn1. The number of hydrogen-bond acceptors (Lipinski definition) is 5. The molecular formula is C22H15F6N5OS. The van der Waals surface area contributed by atoms with Gasteiger partial charge in [0.2, 0.25) is 0 Å². The van der Waals surface area contributed by atoms with Gasteiger partial charge in [-0.1, -0.05) is 12.1 Å². The van der Waals surface area contributed by atoms with E-state index in [2.05, 4.69) is 20.4 Å². The molecule has 35 heavy (non-hydrogen) atoms. The normalized spacial score (nSPS) is 13.0. The number of rotatable bonds is 5. The number of nitrogens with one attached hydrogen (secondary N) is 1. The summed E-state index contributed by atoms with van der Waals surface area (Å²) in [5, 5.41) is 7.09. The fourth-order valence-electron chi connectivity index (χ4n) is 3.28. The van der Waals surface area contributed by atoms with Crippen LogP contribution in [-0.2, 0) is 12.4 Å². The Morgan fingerprint density at radius 2 is 1.80 bits per heavy atom. The molecule has 0 saturated carbocycles. The molecule has 1 atom stereocenters. The van der Waals surface area contributed by atoms with Crippen LogP contribution in [0.3, 0.4) is 0 Å². The minimum atomic E-state index is -5.01. The van der Waals surface area contributed by atoms with Gasteiger partial charge in [0.05, 0.1) is 40.9 Å². The molecule has 0 saturated heterocycles. The highest BCUT2D eigenvalue weighted by atomic mass is 32.1. The number of aromatic nitrogens is 4. The van der Waals surface area contributed by atoms with Crippen molar-refractivity contribution >= 4 is 22.9 Å². The lowest BCUT2D eigenvalue weighted by Crippen LogP contribution is -2.17. The Hall–Kier alpha value is -3.74. The van der Waals surface area contributed by atoms with Crippen molar-refractivity contribution in [2.75, 3.05) is 5.32 Å². The molecule has 4 aromatic rings. The van der Waals surface area contributed by atoms with E-state index in [-0.39, 0.29) is 16.6 Å². The summed E-state index contributed by atoms with van der Waals surface area (Å²) in [7, 11) is 0.